The maximum Gasteiger partial charge on any atom is 0.335 e. The lowest BCUT2D eigenvalue weighted by Crippen LogP contribution is -2.20. The lowest BCUT2D eigenvalue weighted by molar-refractivity contribution is -0.117. The van der Waals surface area contributed by atoms with Crippen LogP contribution < -0.4 is 5.32 Å². The van der Waals surface area contributed by atoms with Crippen molar-refractivity contribution in [1.82, 2.24) is 9.78 Å². The van der Waals surface area contributed by atoms with E-state index in [9.17, 15) is 9.59 Å². The van der Waals surface area contributed by atoms with Gasteiger partial charge in [-0.2, -0.15) is 5.10 Å². The van der Waals surface area contributed by atoms with E-state index in [2.05, 4.69) is 10.4 Å². The van der Waals surface area contributed by atoms with Gasteiger partial charge in [0.1, 0.15) is 0 Å². The molecule has 0 aliphatic rings. The summed E-state index contributed by atoms with van der Waals surface area (Å²) in [5, 5.41) is 16.2. The second-order valence-corrected chi connectivity index (χ2v) is 5.75. The largest absolute Gasteiger partial charge is 0.478 e. The minimum atomic E-state index is -0.977. The molecule has 1 heterocycles. The van der Waals surface area contributed by atoms with E-state index in [4.69, 9.17) is 5.11 Å². The highest BCUT2D eigenvalue weighted by atomic mass is 16.4. The van der Waals surface area contributed by atoms with E-state index in [0.717, 1.165) is 17.0 Å². The Labute approximate surface area is 135 Å². The van der Waals surface area contributed by atoms with Gasteiger partial charge in [-0.3, -0.25) is 9.48 Å². The summed E-state index contributed by atoms with van der Waals surface area (Å²) >= 11 is 0. The molecule has 0 saturated carbocycles. The number of hydrogen-bond donors (Lipinski definition) is 2. The minimum Gasteiger partial charge on any atom is -0.478 e. The number of aromatic carboxylic acids is 1. The number of rotatable bonds is 4. The molecule has 0 aliphatic carbocycles. The first-order valence-corrected chi connectivity index (χ1v) is 7.37. The second kappa shape index (κ2) is 6.24. The Kier molecular flexibility index (Phi) is 4.54. The number of hydrogen-bond acceptors (Lipinski definition) is 3. The average Bonchev–Trinajstić information content (AvgIpc) is 2.71. The third-order valence-electron chi connectivity index (χ3n) is 4.12. The number of nitrogens with one attached hydrogen (secondary N) is 1. The van der Waals surface area contributed by atoms with Gasteiger partial charge in [-0.15, -0.1) is 0 Å². The van der Waals surface area contributed by atoms with Crippen LogP contribution in [0.5, 0.6) is 0 Å². The molecular weight excluding hydrogens is 294 g/mol. The molecule has 1 aromatic carbocycles. The van der Waals surface area contributed by atoms with Crippen LogP contribution in [0.15, 0.2) is 18.2 Å². The van der Waals surface area contributed by atoms with Gasteiger partial charge >= 0.3 is 5.97 Å². The zero-order valence-electron chi connectivity index (χ0n) is 14.0. The van der Waals surface area contributed by atoms with Crippen LogP contribution in [-0.2, 0) is 11.8 Å². The Morgan fingerprint density at radius 3 is 2.39 bits per heavy atom. The van der Waals surface area contributed by atoms with E-state index in [1.807, 2.05) is 27.8 Å². The third kappa shape index (κ3) is 3.26. The number of anilines is 1. The Morgan fingerprint density at radius 2 is 1.91 bits per heavy atom. The molecule has 0 aliphatic heterocycles. The Hall–Kier alpha value is -2.63. The number of aromatic nitrogens is 2. The molecule has 1 atom stereocenters. The fraction of sp³-hybridized carbons (Fsp3) is 0.353. The van der Waals surface area contributed by atoms with Crippen molar-refractivity contribution < 1.29 is 14.7 Å². The van der Waals surface area contributed by atoms with Crippen LogP contribution in [0.1, 0.15) is 45.7 Å². The van der Waals surface area contributed by atoms with Crippen molar-refractivity contribution in [1.29, 1.82) is 0 Å². The highest BCUT2D eigenvalue weighted by Crippen LogP contribution is 2.25. The SMILES string of the molecule is Cc1cc(NC(=O)C(C)c2c(C)nn(C)c2C)ccc1C(=O)O. The molecule has 2 rings (SSSR count). The predicted octanol–water partition coefficient (Wildman–Crippen LogP) is 2.79. The fourth-order valence-corrected chi connectivity index (χ4v) is 2.78. The van der Waals surface area contributed by atoms with Crippen LogP contribution in [0.4, 0.5) is 5.69 Å². The summed E-state index contributed by atoms with van der Waals surface area (Å²) in [6, 6.07) is 4.76. The summed E-state index contributed by atoms with van der Waals surface area (Å²) in [7, 11) is 1.85. The Morgan fingerprint density at radius 1 is 1.26 bits per heavy atom. The summed E-state index contributed by atoms with van der Waals surface area (Å²) < 4.78 is 1.76. The standard InChI is InChI=1S/C17H21N3O3/c1-9-8-13(6-7-14(9)17(22)23)18-16(21)10(2)15-11(3)19-20(5)12(15)4/h6-8,10H,1-5H3,(H,18,21)(H,22,23). The first kappa shape index (κ1) is 16.7. The number of amides is 1. The Bertz CT molecular complexity index is 778. The van der Waals surface area contributed by atoms with E-state index >= 15 is 0 Å². The first-order valence-electron chi connectivity index (χ1n) is 7.37. The molecule has 1 unspecified atom stereocenters. The molecule has 0 bridgehead atoms. The summed E-state index contributed by atoms with van der Waals surface area (Å²) in [5.74, 6) is -1.47. The molecule has 1 amide bonds. The lowest BCUT2D eigenvalue weighted by Gasteiger charge is -2.14. The van der Waals surface area contributed by atoms with Gasteiger partial charge in [-0.25, -0.2) is 4.79 Å². The van der Waals surface area contributed by atoms with Gasteiger partial charge in [0.15, 0.2) is 0 Å². The zero-order chi connectivity index (χ0) is 17.3. The summed E-state index contributed by atoms with van der Waals surface area (Å²) in [6.45, 7) is 7.37. The van der Waals surface area contributed by atoms with Crippen molar-refractivity contribution >= 4 is 17.6 Å². The predicted molar refractivity (Wildman–Crippen MR) is 87.9 cm³/mol. The molecule has 23 heavy (non-hydrogen) atoms. The number of nitrogens with zero attached hydrogens (tertiary/aromatic N) is 2. The van der Waals surface area contributed by atoms with Crippen LogP contribution in [0, 0.1) is 20.8 Å². The smallest absolute Gasteiger partial charge is 0.335 e. The van der Waals surface area contributed by atoms with Crippen LogP contribution in [0.25, 0.3) is 0 Å². The molecule has 0 spiro atoms. The van der Waals surface area contributed by atoms with Gasteiger partial charge in [0.2, 0.25) is 5.91 Å². The number of carbonyl (C=O) groups excluding carboxylic acids is 1. The van der Waals surface area contributed by atoms with Crippen molar-refractivity contribution in [3.63, 3.8) is 0 Å². The van der Waals surface area contributed by atoms with Gasteiger partial charge in [-0.05, 0) is 51.5 Å². The van der Waals surface area contributed by atoms with Crippen molar-refractivity contribution in [3.8, 4) is 0 Å². The monoisotopic (exact) mass is 315 g/mol. The lowest BCUT2D eigenvalue weighted by atomic mass is 9.98. The maximum atomic E-state index is 12.5. The zero-order valence-corrected chi connectivity index (χ0v) is 14.0. The normalized spacial score (nSPS) is 12.0. The number of aryl methyl sites for hydroxylation is 3. The Balaban J connectivity index is 2.22. The van der Waals surface area contributed by atoms with E-state index in [0.29, 0.717) is 11.3 Å². The van der Waals surface area contributed by atoms with E-state index in [-0.39, 0.29) is 17.4 Å². The summed E-state index contributed by atoms with van der Waals surface area (Å²) in [5.41, 5.74) is 4.15. The van der Waals surface area contributed by atoms with Crippen LogP contribution >= 0.6 is 0 Å². The minimum absolute atomic E-state index is 0.147. The molecule has 2 aromatic rings. The van der Waals surface area contributed by atoms with Crippen molar-refractivity contribution in [2.45, 2.75) is 33.6 Å². The highest BCUT2D eigenvalue weighted by molar-refractivity contribution is 5.97. The van der Waals surface area contributed by atoms with Crippen LogP contribution in [0.3, 0.4) is 0 Å². The van der Waals surface area contributed by atoms with E-state index in [1.165, 1.54) is 6.07 Å². The van der Waals surface area contributed by atoms with Crippen LogP contribution in [-0.4, -0.2) is 26.8 Å². The molecule has 122 valence electrons. The highest BCUT2D eigenvalue weighted by Gasteiger charge is 2.22. The van der Waals surface area contributed by atoms with Crippen molar-refractivity contribution in [2.75, 3.05) is 5.32 Å². The summed E-state index contributed by atoms with van der Waals surface area (Å²) in [4.78, 5) is 23.5. The van der Waals surface area contributed by atoms with Gasteiger partial charge in [0.25, 0.3) is 0 Å². The second-order valence-electron chi connectivity index (χ2n) is 5.75. The molecule has 0 fully saturated rings. The van der Waals surface area contributed by atoms with Gasteiger partial charge in [0.05, 0.1) is 17.2 Å². The molecule has 6 nitrogen and oxygen atoms in total. The molecule has 0 saturated heterocycles. The molecule has 0 radical (unpaired) electrons. The molecule has 2 N–H and O–H groups in total. The fourth-order valence-electron chi connectivity index (χ4n) is 2.78. The van der Waals surface area contributed by atoms with E-state index in [1.54, 1.807) is 23.7 Å². The topological polar surface area (TPSA) is 84.2 Å². The summed E-state index contributed by atoms with van der Waals surface area (Å²) in [6.07, 6.45) is 0. The van der Waals surface area contributed by atoms with E-state index < -0.39 is 5.97 Å². The van der Waals surface area contributed by atoms with Crippen LogP contribution in [0.2, 0.25) is 0 Å². The van der Waals surface area contributed by atoms with Gasteiger partial charge < -0.3 is 10.4 Å². The number of carboxylic acids is 1. The average molecular weight is 315 g/mol. The van der Waals surface area contributed by atoms with Crippen molar-refractivity contribution in [3.05, 3.63) is 46.3 Å². The molecular formula is C17H21N3O3. The first-order chi connectivity index (χ1) is 10.7. The van der Waals surface area contributed by atoms with Crippen molar-refractivity contribution in [2.24, 2.45) is 7.05 Å². The molecule has 6 heteroatoms. The van der Waals surface area contributed by atoms with Gasteiger partial charge in [-0.1, -0.05) is 0 Å². The quantitative estimate of drug-likeness (QED) is 0.908. The molecule has 1 aromatic heterocycles. The third-order valence-corrected chi connectivity index (χ3v) is 4.12. The number of benzene rings is 1. The number of carboxylic acid groups (broad SMARTS) is 1. The van der Waals surface area contributed by atoms with Gasteiger partial charge in [0, 0.05) is 24.0 Å². The maximum absolute atomic E-state index is 12.5. The number of carbonyl (C=O) groups is 2.